The second-order valence-electron chi connectivity index (χ2n) is 6.24. The van der Waals surface area contributed by atoms with Crippen molar-refractivity contribution in [2.45, 2.75) is 57.0 Å². The van der Waals surface area contributed by atoms with Gasteiger partial charge in [0.1, 0.15) is 0 Å². The van der Waals surface area contributed by atoms with Gasteiger partial charge >= 0.3 is 5.97 Å². The summed E-state index contributed by atoms with van der Waals surface area (Å²) in [5.74, 6) is -0.494. The standard InChI is InChI=1S/C18H23N3O3S/c1-3-10-21-15-7-5-4-6-14(15)20-18(21)25-11-16(22)24-12(2)17(23)19-13-8-9-13/h4-7,12-13H,3,8-11H2,1-2H3,(H,19,23)/t12-/m1/s1. The van der Waals surface area contributed by atoms with Gasteiger partial charge in [-0.25, -0.2) is 4.98 Å². The summed E-state index contributed by atoms with van der Waals surface area (Å²) in [6.45, 7) is 4.56. The molecule has 25 heavy (non-hydrogen) atoms. The quantitative estimate of drug-likeness (QED) is 0.578. The Morgan fingerprint density at radius 2 is 2.16 bits per heavy atom. The number of imidazole rings is 1. The summed E-state index contributed by atoms with van der Waals surface area (Å²) in [7, 11) is 0. The number of fused-ring (bicyclic) bond motifs is 1. The summed E-state index contributed by atoms with van der Waals surface area (Å²) >= 11 is 1.35. The summed E-state index contributed by atoms with van der Waals surface area (Å²) in [4.78, 5) is 28.5. The third-order valence-corrected chi connectivity index (χ3v) is 4.94. The fourth-order valence-corrected chi connectivity index (χ4v) is 3.38. The molecule has 3 rings (SSSR count). The van der Waals surface area contributed by atoms with Crippen molar-refractivity contribution in [2.24, 2.45) is 0 Å². The Kier molecular flexibility index (Phi) is 5.63. The zero-order valence-electron chi connectivity index (χ0n) is 14.5. The number of carbonyl (C=O) groups is 2. The Hall–Kier alpha value is -2.02. The molecule has 134 valence electrons. The Bertz CT molecular complexity index is 770. The van der Waals surface area contributed by atoms with Crippen LogP contribution in [0.4, 0.5) is 0 Å². The number of para-hydroxylation sites is 2. The van der Waals surface area contributed by atoms with E-state index in [0.717, 1.165) is 42.0 Å². The van der Waals surface area contributed by atoms with E-state index in [1.807, 2.05) is 24.3 Å². The van der Waals surface area contributed by atoms with Gasteiger partial charge in [-0.1, -0.05) is 30.8 Å². The molecule has 0 spiro atoms. The second kappa shape index (κ2) is 7.91. The van der Waals surface area contributed by atoms with Gasteiger partial charge in [-0.15, -0.1) is 0 Å². The molecule has 0 bridgehead atoms. The number of esters is 1. The first-order chi connectivity index (χ1) is 12.1. The SMILES string of the molecule is CCCn1c(SCC(=O)O[C@H](C)C(=O)NC2CC2)nc2ccccc21. The lowest BCUT2D eigenvalue weighted by atomic mass is 10.3. The molecule has 1 N–H and O–H groups in total. The second-order valence-corrected chi connectivity index (χ2v) is 7.18. The van der Waals surface area contributed by atoms with Crippen molar-refractivity contribution in [3.8, 4) is 0 Å². The molecule has 1 amide bonds. The normalized spacial score (nSPS) is 15.1. The van der Waals surface area contributed by atoms with Gasteiger partial charge in [-0.3, -0.25) is 9.59 Å². The fraction of sp³-hybridized carbons (Fsp3) is 0.500. The summed E-state index contributed by atoms with van der Waals surface area (Å²) < 4.78 is 7.35. The van der Waals surface area contributed by atoms with Crippen LogP contribution in [-0.2, 0) is 20.9 Å². The zero-order valence-corrected chi connectivity index (χ0v) is 15.3. The predicted octanol–water partition coefficient (Wildman–Crippen LogP) is 2.75. The van der Waals surface area contributed by atoms with E-state index in [2.05, 4.69) is 21.8 Å². The van der Waals surface area contributed by atoms with Crippen molar-refractivity contribution < 1.29 is 14.3 Å². The molecule has 0 aliphatic heterocycles. The predicted molar refractivity (Wildman–Crippen MR) is 97.5 cm³/mol. The van der Waals surface area contributed by atoms with E-state index in [1.54, 1.807) is 6.92 Å². The van der Waals surface area contributed by atoms with Gasteiger partial charge in [0.05, 0.1) is 16.8 Å². The van der Waals surface area contributed by atoms with E-state index in [9.17, 15) is 9.59 Å². The Balaban J connectivity index is 1.58. The van der Waals surface area contributed by atoms with Crippen LogP contribution in [0.1, 0.15) is 33.1 Å². The summed E-state index contributed by atoms with van der Waals surface area (Å²) in [5, 5.41) is 3.64. The van der Waals surface area contributed by atoms with Crippen molar-refractivity contribution in [2.75, 3.05) is 5.75 Å². The molecule has 1 atom stereocenters. The minimum atomic E-state index is -0.761. The third kappa shape index (κ3) is 4.54. The third-order valence-electron chi connectivity index (χ3n) is 3.99. The van der Waals surface area contributed by atoms with Crippen LogP contribution in [0.2, 0.25) is 0 Å². The van der Waals surface area contributed by atoms with E-state index < -0.39 is 12.1 Å². The molecule has 1 aliphatic carbocycles. The number of thioether (sulfide) groups is 1. The topological polar surface area (TPSA) is 73.2 Å². The van der Waals surface area contributed by atoms with Gasteiger partial charge in [0.2, 0.25) is 0 Å². The number of rotatable bonds is 8. The first-order valence-corrected chi connectivity index (χ1v) is 9.65. The number of ether oxygens (including phenoxy) is 1. The number of aryl methyl sites for hydroxylation is 1. The number of nitrogens with one attached hydrogen (secondary N) is 1. The van der Waals surface area contributed by atoms with Crippen LogP contribution in [-0.4, -0.2) is 39.3 Å². The first-order valence-electron chi connectivity index (χ1n) is 8.66. The molecule has 0 unspecified atom stereocenters. The highest BCUT2D eigenvalue weighted by Crippen LogP contribution is 2.24. The number of hydrogen-bond donors (Lipinski definition) is 1. The van der Waals surface area contributed by atoms with E-state index in [-0.39, 0.29) is 17.7 Å². The van der Waals surface area contributed by atoms with Crippen molar-refractivity contribution in [1.29, 1.82) is 0 Å². The molecule has 1 fully saturated rings. The Morgan fingerprint density at radius 1 is 1.40 bits per heavy atom. The maximum Gasteiger partial charge on any atom is 0.317 e. The summed E-state index contributed by atoms with van der Waals surface area (Å²) in [6.07, 6.45) is 2.24. The molecule has 6 nitrogen and oxygen atoms in total. The minimum Gasteiger partial charge on any atom is -0.452 e. The van der Waals surface area contributed by atoms with Crippen LogP contribution in [0.5, 0.6) is 0 Å². The highest BCUT2D eigenvalue weighted by atomic mass is 32.2. The average molecular weight is 361 g/mol. The van der Waals surface area contributed by atoms with Crippen molar-refractivity contribution in [3.05, 3.63) is 24.3 Å². The highest BCUT2D eigenvalue weighted by Gasteiger charge is 2.27. The van der Waals surface area contributed by atoms with Gasteiger partial charge in [0.15, 0.2) is 11.3 Å². The maximum absolute atomic E-state index is 12.1. The molecule has 0 radical (unpaired) electrons. The molecule has 1 saturated carbocycles. The smallest absolute Gasteiger partial charge is 0.317 e. The van der Waals surface area contributed by atoms with E-state index >= 15 is 0 Å². The Labute approximate surface area is 151 Å². The molecule has 1 aromatic carbocycles. The number of nitrogens with zero attached hydrogens (tertiary/aromatic N) is 2. The van der Waals surface area contributed by atoms with Crippen molar-refractivity contribution >= 4 is 34.7 Å². The van der Waals surface area contributed by atoms with Crippen LogP contribution in [0.25, 0.3) is 11.0 Å². The van der Waals surface area contributed by atoms with Crippen LogP contribution in [0.15, 0.2) is 29.4 Å². The molecular formula is C18H23N3O3S. The summed E-state index contributed by atoms with van der Waals surface area (Å²) in [5.41, 5.74) is 1.99. The van der Waals surface area contributed by atoms with Gasteiger partial charge in [-0.2, -0.15) is 0 Å². The molecule has 7 heteroatoms. The van der Waals surface area contributed by atoms with E-state index in [1.165, 1.54) is 11.8 Å². The van der Waals surface area contributed by atoms with Gasteiger partial charge in [0, 0.05) is 12.6 Å². The van der Waals surface area contributed by atoms with Crippen LogP contribution >= 0.6 is 11.8 Å². The summed E-state index contributed by atoms with van der Waals surface area (Å²) in [6, 6.07) is 8.20. The molecule has 1 aliphatic rings. The van der Waals surface area contributed by atoms with Crippen LogP contribution in [0, 0.1) is 0 Å². The number of amides is 1. The van der Waals surface area contributed by atoms with Crippen molar-refractivity contribution in [3.63, 3.8) is 0 Å². The van der Waals surface area contributed by atoms with Crippen LogP contribution in [0.3, 0.4) is 0 Å². The fourth-order valence-electron chi connectivity index (χ4n) is 2.56. The Morgan fingerprint density at radius 3 is 2.88 bits per heavy atom. The zero-order chi connectivity index (χ0) is 17.8. The molecular weight excluding hydrogens is 338 g/mol. The number of aromatic nitrogens is 2. The van der Waals surface area contributed by atoms with Crippen molar-refractivity contribution in [1.82, 2.24) is 14.9 Å². The lowest BCUT2D eigenvalue weighted by molar-refractivity contribution is -0.152. The molecule has 2 aromatic rings. The van der Waals surface area contributed by atoms with Gasteiger partial charge in [0.25, 0.3) is 5.91 Å². The highest BCUT2D eigenvalue weighted by molar-refractivity contribution is 7.99. The molecule has 1 aromatic heterocycles. The number of benzene rings is 1. The lowest BCUT2D eigenvalue weighted by Crippen LogP contribution is -2.37. The van der Waals surface area contributed by atoms with Gasteiger partial charge < -0.3 is 14.6 Å². The number of carbonyl (C=O) groups excluding carboxylic acids is 2. The molecule has 1 heterocycles. The maximum atomic E-state index is 12.1. The lowest BCUT2D eigenvalue weighted by Gasteiger charge is -2.13. The number of hydrogen-bond acceptors (Lipinski definition) is 5. The van der Waals surface area contributed by atoms with Crippen LogP contribution < -0.4 is 5.32 Å². The minimum absolute atomic E-state index is 0.133. The average Bonchev–Trinajstić information content (AvgIpc) is 3.34. The van der Waals surface area contributed by atoms with E-state index in [0.29, 0.717) is 0 Å². The molecule has 0 saturated heterocycles. The van der Waals surface area contributed by atoms with E-state index in [4.69, 9.17) is 4.74 Å². The monoisotopic (exact) mass is 361 g/mol. The van der Waals surface area contributed by atoms with Gasteiger partial charge in [-0.05, 0) is 38.3 Å². The largest absolute Gasteiger partial charge is 0.452 e. The first kappa shape index (κ1) is 17.8.